The standard InChI is InChI=1S/C18H28N4O2S.ClH/c1-14(2)21-17(23)13-25-16-6-4-3-5-15(16)18(24)20-9-12-22-10-7-19-8-11-22;/h3-6,14,19H,7-13H2,1-2H3,(H,20,24)(H,21,23);1H. The molecule has 0 aliphatic carbocycles. The third-order valence-electron chi connectivity index (χ3n) is 3.86. The summed E-state index contributed by atoms with van der Waals surface area (Å²) in [6, 6.07) is 7.56. The zero-order valence-corrected chi connectivity index (χ0v) is 17.0. The Hall–Kier alpha value is -1.28. The van der Waals surface area contributed by atoms with Gasteiger partial charge in [0, 0.05) is 50.2 Å². The topological polar surface area (TPSA) is 73.5 Å². The van der Waals surface area contributed by atoms with Gasteiger partial charge >= 0.3 is 0 Å². The monoisotopic (exact) mass is 400 g/mol. The van der Waals surface area contributed by atoms with E-state index in [-0.39, 0.29) is 30.3 Å². The highest BCUT2D eigenvalue weighted by Crippen LogP contribution is 2.22. The molecule has 0 saturated carbocycles. The van der Waals surface area contributed by atoms with E-state index in [4.69, 9.17) is 0 Å². The average Bonchev–Trinajstić information content (AvgIpc) is 2.60. The van der Waals surface area contributed by atoms with Crippen LogP contribution in [0.3, 0.4) is 0 Å². The number of amides is 2. The molecule has 1 aromatic rings. The molecule has 1 fully saturated rings. The molecule has 1 saturated heterocycles. The van der Waals surface area contributed by atoms with E-state index in [9.17, 15) is 9.59 Å². The molecule has 1 aliphatic heterocycles. The molecular formula is C18H29ClN4O2S. The molecular weight excluding hydrogens is 372 g/mol. The van der Waals surface area contributed by atoms with Crippen molar-refractivity contribution in [3.05, 3.63) is 29.8 Å². The smallest absolute Gasteiger partial charge is 0.252 e. The lowest BCUT2D eigenvalue weighted by Gasteiger charge is -2.27. The molecule has 0 bridgehead atoms. The first-order valence-electron chi connectivity index (χ1n) is 8.78. The van der Waals surface area contributed by atoms with Crippen molar-refractivity contribution in [1.29, 1.82) is 0 Å². The highest BCUT2D eigenvalue weighted by Gasteiger charge is 2.14. The van der Waals surface area contributed by atoms with Gasteiger partial charge in [0.25, 0.3) is 5.91 Å². The summed E-state index contributed by atoms with van der Waals surface area (Å²) in [4.78, 5) is 27.5. The Morgan fingerprint density at radius 3 is 2.62 bits per heavy atom. The first-order valence-corrected chi connectivity index (χ1v) is 9.77. The minimum absolute atomic E-state index is 0. The van der Waals surface area contributed by atoms with Crippen molar-refractivity contribution in [2.45, 2.75) is 24.8 Å². The number of nitrogens with one attached hydrogen (secondary N) is 3. The molecule has 8 heteroatoms. The molecule has 3 N–H and O–H groups in total. The van der Waals surface area contributed by atoms with Gasteiger partial charge < -0.3 is 16.0 Å². The summed E-state index contributed by atoms with van der Waals surface area (Å²) < 4.78 is 0. The maximum Gasteiger partial charge on any atom is 0.252 e. The molecule has 1 aromatic carbocycles. The van der Waals surface area contributed by atoms with Crippen LogP contribution in [0.4, 0.5) is 0 Å². The fourth-order valence-corrected chi connectivity index (χ4v) is 3.51. The second-order valence-corrected chi connectivity index (χ2v) is 7.37. The quantitative estimate of drug-likeness (QED) is 0.574. The number of rotatable bonds is 8. The predicted octanol–water partition coefficient (Wildman–Crippen LogP) is 1.36. The molecule has 6 nitrogen and oxygen atoms in total. The number of hydrogen-bond donors (Lipinski definition) is 3. The first-order chi connectivity index (χ1) is 12.1. The van der Waals surface area contributed by atoms with Gasteiger partial charge in [-0.05, 0) is 26.0 Å². The largest absolute Gasteiger partial charge is 0.353 e. The minimum atomic E-state index is -0.0810. The molecule has 0 spiro atoms. The van der Waals surface area contributed by atoms with Crippen molar-refractivity contribution >= 4 is 36.0 Å². The summed E-state index contributed by atoms with van der Waals surface area (Å²) in [5.74, 6) is 0.208. The predicted molar refractivity (Wildman–Crippen MR) is 109 cm³/mol. The van der Waals surface area contributed by atoms with E-state index in [1.165, 1.54) is 11.8 Å². The Labute approximate surface area is 166 Å². The van der Waals surface area contributed by atoms with Crippen LogP contribution in [0.15, 0.2) is 29.2 Å². The second kappa shape index (κ2) is 12.2. The van der Waals surface area contributed by atoms with Crippen LogP contribution >= 0.6 is 24.2 Å². The summed E-state index contributed by atoms with van der Waals surface area (Å²) in [5.41, 5.74) is 0.630. The molecule has 146 valence electrons. The summed E-state index contributed by atoms with van der Waals surface area (Å²) in [5, 5.41) is 9.17. The van der Waals surface area contributed by atoms with Gasteiger partial charge in [-0.3, -0.25) is 14.5 Å². The summed E-state index contributed by atoms with van der Waals surface area (Å²) in [6.45, 7) is 9.41. The number of carbonyl (C=O) groups is 2. The maximum atomic E-state index is 12.5. The average molecular weight is 401 g/mol. The van der Waals surface area contributed by atoms with Crippen molar-refractivity contribution in [2.75, 3.05) is 45.0 Å². The number of benzene rings is 1. The SMILES string of the molecule is CC(C)NC(=O)CSc1ccccc1C(=O)NCCN1CCNCC1.Cl. The molecule has 1 aliphatic rings. The third kappa shape index (κ3) is 7.95. The number of halogens is 1. The molecule has 2 rings (SSSR count). The van der Waals surface area contributed by atoms with E-state index in [0.29, 0.717) is 17.9 Å². The van der Waals surface area contributed by atoms with Gasteiger partial charge in [-0.25, -0.2) is 0 Å². The van der Waals surface area contributed by atoms with Crippen LogP contribution in [-0.4, -0.2) is 67.8 Å². The van der Waals surface area contributed by atoms with Crippen molar-refractivity contribution in [3.8, 4) is 0 Å². The maximum absolute atomic E-state index is 12.5. The van der Waals surface area contributed by atoms with Gasteiger partial charge in [0.1, 0.15) is 0 Å². The Balaban J connectivity index is 0.00000338. The van der Waals surface area contributed by atoms with Gasteiger partial charge in [0.05, 0.1) is 11.3 Å². The van der Waals surface area contributed by atoms with E-state index in [1.807, 2.05) is 38.1 Å². The van der Waals surface area contributed by atoms with Gasteiger partial charge in [-0.2, -0.15) is 0 Å². The minimum Gasteiger partial charge on any atom is -0.353 e. The van der Waals surface area contributed by atoms with Gasteiger partial charge in [-0.1, -0.05) is 12.1 Å². The molecule has 26 heavy (non-hydrogen) atoms. The van der Waals surface area contributed by atoms with Gasteiger partial charge in [-0.15, -0.1) is 24.2 Å². The van der Waals surface area contributed by atoms with Gasteiger partial charge in [0.15, 0.2) is 0 Å². The second-order valence-electron chi connectivity index (χ2n) is 6.35. The van der Waals surface area contributed by atoms with Crippen molar-refractivity contribution in [3.63, 3.8) is 0 Å². The molecule has 0 radical (unpaired) electrons. The highest BCUT2D eigenvalue weighted by atomic mass is 35.5. The van der Waals surface area contributed by atoms with Crippen LogP contribution < -0.4 is 16.0 Å². The highest BCUT2D eigenvalue weighted by molar-refractivity contribution is 8.00. The summed E-state index contributed by atoms with van der Waals surface area (Å²) in [6.07, 6.45) is 0. The molecule has 1 heterocycles. The van der Waals surface area contributed by atoms with E-state index < -0.39 is 0 Å². The van der Waals surface area contributed by atoms with Crippen molar-refractivity contribution in [1.82, 2.24) is 20.9 Å². The fraction of sp³-hybridized carbons (Fsp3) is 0.556. The van der Waals surface area contributed by atoms with Crippen LogP contribution in [0.5, 0.6) is 0 Å². The lowest BCUT2D eigenvalue weighted by atomic mass is 10.2. The zero-order chi connectivity index (χ0) is 18.1. The van der Waals surface area contributed by atoms with Crippen LogP contribution in [-0.2, 0) is 4.79 Å². The van der Waals surface area contributed by atoms with Crippen LogP contribution in [0.25, 0.3) is 0 Å². The van der Waals surface area contributed by atoms with Crippen LogP contribution in [0.1, 0.15) is 24.2 Å². The summed E-state index contributed by atoms with van der Waals surface area (Å²) in [7, 11) is 0. The Kier molecular flexibility index (Phi) is 10.7. The number of piperazine rings is 1. The summed E-state index contributed by atoms with van der Waals surface area (Å²) >= 11 is 1.40. The van der Waals surface area contributed by atoms with E-state index in [1.54, 1.807) is 0 Å². The number of hydrogen-bond acceptors (Lipinski definition) is 5. The van der Waals surface area contributed by atoms with E-state index >= 15 is 0 Å². The number of carbonyl (C=O) groups excluding carboxylic acids is 2. The molecule has 0 aromatic heterocycles. The molecule has 0 unspecified atom stereocenters. The normalized spacial score (nSPS) is 14.6. The van der Waals surface area contributed by atoms with E-state index in [0.717, 1.165) is 37.6 Å². The van der Waals surface area contributed by atoms with Crippen LogP contribution in [0.2, 0.25) is 0 Å². The third-order valence-corrected chi connectivity index (χ3v) is 4.94. The molecule has 0 atom stereocenters. The van der Waals surface area contributed by atoms with Crippen molar-refractivity contribution in [2.24, 2.45) is 0 Å². The first kappa shape index (κ1) is 22.8. The van der Waals surface area contributed by atoms with Crippen LogP contribution in [0, 0.1) is 0 Å². The fourth-order valence-electron chi connectivity index (χ4n) is 2.64. The van der Waals surface area contributed by atoms with Gasteiger partial charge in [0.2, 0.25) is 5.91 Å². The Morgan fingerprint density at radius 2 is 1.92 bits per heavy atom. The van der Waals surface area contributed by atoms with E-state index in [2.05, 4.69) is 20.9 Å². The Bertz CT molecular complexity index is 580. The lowest BCUT2D eigenvalue weighted by molar-refractivity contribution is -0.119. The molecule has 2 amide bonds. The number of thioether (sulfide) groups is 1. The number of nitrogens with zero attached hydrogens (tertiary/aromatic N) is 1. The van der Waals surface area contributed by atoms with Crippen molar-refractivity contribution < 1.29 is 9.59 Å². The zero-order valence-electron chi connectivity index (χ0n) is 15.4. The lowest BCUT2D eigenvalue weighted by Crippen LogP contribution is -2.46. The Morgan fingerprint density at radius 1 is 1.23 bits per heavy atom.